The standard InChI is InChI=1S/C34H45N3O5/c1-21-18-22(2)33(40)37-29(20-25-11-15-28(38)16-12-25)34(41)35-17-7-9-26-8-5-6-10-31(26)42-24(4)23(3)36-32(27-13-14-27)30(39)19-21/h5-6,8,10-12,15-16,19,22-24,27,29,32,36,38H,7,9,13-14,17-18,20H2,1-4H3,(H,35,41)(H,37,40)/b21-19+/t22-,23-,24+,29+,32-/m0/s1. The highest BCUT2D eigenvalue weighted by molar-refractivity contribution is 5.95. The molecule has 1 fully saturated rings. The molecule has 1 saturated carbocycles. The number of nitrogens with one attached hydrogen (secondary N) is 3. The number of para-hydroxylation sites is 1. The van der Waals surface area contributed by atoms with Gasteiger partial charge in [-0.3, -0.25) is 14.4 Å². The van der Waals surface area contributed by atoms with E-state index in [1.807, 2.05) is 45.0 Å². The van der Waals surface area contributed by atoms with Crippen LogP contribution in [-0.4, -0.2) is 53.5 Å². The zero-order valence-electron chi connectivity index (χ0n) is 25.2. The van der Waals surface area contributed by atoms with Crippen LogP contribution in [0.4, 0.5) is 0 Å². The van der Waals surface area contributed by atoms with E-state index in [1.54, 1.807) is 30.3 Å². The summed E-state index contributed by atoms with van der Waals surface area (Å²) in [5, 5.41) is 19.1. The second-order valence-electron chi connectivity index (χ2n) is 12.0. The van der Waals surface area contributed by atoms with Crippen molar-refractivity contribution >= 4 is 17.6 Å². The molecule has 0 aromatic heterocycles. The maximum atomic E-state index is 13.4. The molecule has 5 atom stereocenters. The second kappa shape index (κ2) is 14.5. The van der Waals surface area contributed by atoms with Gasteiger partial charge in [0.1, 0.15) is 23.6 Å². The number of benzene rings is 2. The van der Waals surface area contributed by atoms with E-state index in [-0.39, 0.29) is 41.5 Å². The number of hydrogen-bond donors (Lipinski definition) is 4. The number of carbonyl (C=O) groups is 3. The quantitative estimate of drug-likeness (QED) is 0.435. The Hall–Kier alpha value is -3.65. The van der Waals surface area contributed by atoms with E-state index in [0.717, 1.165) is 35.3 Å². The van der Waals surface area contributed by atoms with Crippen LogP contribution in [0.2, 0.25) is 0 Å². The molecule has 4 N–H and O–H groups in total. The van der Waals surface area contributed by atoms with Crippen molar-refractivity contribution in [2.45, 2.75) is 90.4 Å². The molecule has 0 saturated heterocycles. The Morgan fingerprint density at radius 2 is 1.67 bits per heavy atom. The SMILES string of the molecule is C/C1=C\C(=O)[C@H](C2CC2)N[C@@H](C)[C@@H](C)Oc2ccccc2CCCNC(=O)[C@@H](Cc2ccc(O)cc2)NC(=O)[C@@H](C)C1. The summed E-state index contributed by atoms with van der Waals surface area (Å²) in [7, 11) is 0. The highest BCUT2D eigenvalue weighted by Crippen LogP contribution is 2.34. The number of ether oxygens (including phenoxy) is 1. The number of phenolic OH excluding ortho intramolecular Hbond substituents is 1. The molecule has 2 aliphatic rings. The molecule has 8 heteroatoms. The van der Waals surface area contributed by atoms with Crippen LogP contribution in [0.5, 0.6) is 11.5 Å². The highest BCUT2D eigenvalue weighted by atomic mass is 16.5. The van der Waals surface area contributed by atoms with Gasteiger partial charge in [0, 0.05) is 24.9 Å². The first-order valence-corrected chi connectivity index (χ1v) is 15.2. The number of hydrogen-bond acceptors (Lipinski definition) is 6. The molecular formula is C34H45N3O5. The normalized spacial score (nSPS) is 28.3. The highest BCUT2D eigenvalue weighted by Gasteiger charge is 2.37. The Labute approximate surface area is 249 Å². The van der Waals surface area contributed by atoms with Crippen LogP contribution >= 0.6 is 0 Å². The summed E-state index contributed by atoms with van der Waals surface area (Å²) < 4.78 is 6.39. The van der Waals surface area contributed by atoms with E-state index in [9.17, 15) is 19.5 Å². The molecule has 4 rings (SSSR count). The van der Waals surface area contributed by atoms with E-state index in [2.05, 4.69) is 22.9 Å². The number of phenols is 1. The van der Waals surface area contributed by atoms with Crippen molar-refractivity contribution in [3.05, 3.63) is 71.3 Å². The Kier molecular flexibility index (Phi) is 10.8. The fraction of sp³-hybridized carbons (Fsp3) is 0.500. The van der Waals surface area contributed by atoms with Crippen molar-refractivity contribution in [3.8, 4) is 11.5 Å². The van der Waals surface area contributed by atoms with Gasteiger partial charge in [0.2, 0.25) is 11.8 Å². The minimum atomic E-state index is -0.776. The van der Waals surface area contributed by atoms with Gasteiger partial charge in [-0.25, -0.2) is 0 Å². The summed E-state index contributed by atoms with van der Waals surface area (Å²) in [5.74, 6) is 0.352. The fourth-order valence-corrected chi connectivity index (χ4v) is 5.40. The Balaban J connectivity index is 1.57. The first-order chi connectivity index (χ1) is 20.1. The lowest BCUT2D eigenvalue weighted by Crippen LogP contribution is -2.49. The molecule has 1 aliphatic heterocycles. The van der Waals surface area contributed by atoms with Crippen molar-refractivity contribution < 1.29 is 24.2 Å². The van der Waals surface area contributed by atoms with Gasteiger partial charge in [0.15, 0.2) is 5.78 Å². The molecule has 0 radical (unpaired) electrons. The summed E-state index contributed by atoms with van der Waals surface area (Å²) in [4.78, 5) is 39.9. The average molecular weight is 576 g/mol. The molecule has 1 heterocycles. The molecule has 0 spiro atoms. The van der Waals surface area contributed by atoms with E-state index >= 15 is 0 Å². The number of amides is 2. The van der Waals surface area contributed by atoms with Gasteiger partial charge in [-0.15, -0.1) is 0 Å². The van der Waals surface area contributed by atoms with Crippen LogP contribution in [0.1, 0.15) is 64.5 Å². The zero-order valence-corrected chi connectivity index (χ0v) is 25.2. The fourth-order valence-electron chi connectivity index (χ4n) is 5.40. The Morgan fingerprint density at radius 1 is 0.952 bits per heavy atom. The maximum Gasteiger partial charge on any atom is 0.242 e. The molecule has 42 heavy (non-hydrogen) atoms. The summed E-state index contributed by atoms with van der Waals surface area (Å²) in [6, 6.07) is 13.4. The minimum Gasteiger partial charge on any atom is -0.508 e. The lowest BCUT2D eigenvalue weighted by atomic mass is 9.96. The van der Waals surface area contributed by atoms with Crippen molar-refractivity contribution in [3.63, 3.8) is 0 Å². The molecule has 8 nitrogen and oxygen atoms in total. The lowest BCUT2D eigenvalue weighted by molar-refractivity contribution is -0.130. The number of aromatic hydroxyl groups is 1. The first kappa shape index (κ1) is 31.3. The number of carbonyl (C=O) groups excluding carboxylic acids is 3. The average Bonchev–Trinajstić information content (AvgIpc) is 3.80. The third kappa shape index (κ3) is 8.92. The van der Waals surface area contributed by atoms with Crippen molar-refractivity contribution in [2.75, 3.05) is 6.54 Å². The summed E-state index contributed by atoms with van der Waals surface area (Å²) in [6.45, 7) is 8.21. The van der Waals surface area contributed by atoms with Gasteiger partial charge in [-0.1, -0.05) is 42.8 Å². The largest absolute Gasteiger partial charge is 0.508 e. The van der Waals surface area contributed by atoms with E-state index < -0.39 is 12.0 Å². The number of aryl methyl sites for hydroxylation is 1. The predicted octanol–water partition coefficient (Wildman–Crippen LogP) is 4.25. The van der Waals surface area contributed by atoms with Gasteiger partial charge < -0.3 is 25.8 Å². The van der Waals surface area contributed by atoms with Crippen LogP contribution in [0.25, 0.3) is 0 Å². The van der Waals surface area contributed by atoms with Gasteiger partial charge in [-0.2, -0.15) is 0 Å². The van der Waals surface area contributed by atoms with Crippen LogP contribution in [-0.2, 0) is 27.2 Å². The summed E-state index contributed by atoms with van der Waals surface area (Å²) >= 11 is 0. The molecule has 2 amide bonds. The van der Waals surface area contributed by atoms with Gasteiger partial charge in [0.05, 0.1) is 6.04 Å². The monoisotopic (exact) mass is 575 g/mol. The van der Waals surface area contributed by atoms with Gasteiger partial charge >= 0.3 is 0 Å². The maximum absolute atomic E-state index is 13.4. The minimum absolute atomic E-state index is 0.0287. The van der Waals surface area contributed by atoms with Crippen LogP contribution in [0.15, 0.2) is 60.2 Å². The van der Waals surface area contributed by atoms with Crippen molar-refractivity contribution in [1.29, 1.82) is 0 Å². The summed E-state index contributed by atoms with van der Waals surface area (Å²) in [6.07, 6.45) is 5.66. The molecule has 1 aliphatic carbocycles. The third-order valence-electron chi connectivity index (χ3n) is 8.23. The number of rotatable bonds is 3. The predicted molar refractivity (Wildman–Crippen MR) is 163 cm³/mol. The number of ketones is 1. The van der Waals surface area contributed by atoms with Gasteiger partial charge in [0.25, 0.3) is 0 Å². The Morgan fingerprint density at radius 3 is 2.38 bits per heavy atom. The first-order valence-electron chi connectivity index (χ1n) is 15.2. The summed E-state index contributed by atoms with van der Waals surface area (Å²) in [5.41, 5.74) is 2.70. The van der Waals surface area contributed by atoms with Crippen LogP contribution in [0, 0.1) is 11.8 Å². The third-order valence-corrected chi connectivity index (χ3v) is 8.23. The number of fused-ring (bicyclic) bond motifs is 1. The molecule has 2 aromatic rings. The molecule has 0 unspecified atom stereocenters. The van der Waals surface area contributed by atoms with Crippen molar-refractivity contribution in [1.82, 2.24) is 16.0 Å². The van der Waals surface area contributed by atoms with Gasteiger partial charge in [-0.05, 0) is 94.2 Å². The smallest absolute Gasteiger partial charge is 0.242 e. The molecule has 0 bridgehead atoms. The lowest BCUT2D eigenvalue weighted by Gasteiger charge is -2.28. The molecular weight excluding hydrogens is 530 g/mol. The topological polar surface area (TPSA) is 117 Å². The van der Waals surface area contributed by atoms with Crippen LogP contribution < -0.4 is 20.7 Å². The zero-order chi connectivity index (χ0) is 30.2. The van der Waals surface area contributed by atoms with E-state index in [1.165, 1.54) is 0 Å². The van der Waals surface area contributed by atoms with E-state index in [0.29, 0.717) is 38.1 Å². The van der Waals surface area contributed by atoms with Crippen LogP contribution in [0.3, 0.4) is 0 Å². The van der Waals surface area contributed by atoms with E-state index in [4.69, 9.17) is 4.74 Å². The second-order valence-corrected chi connectivity index (χ2v) is 12.0. The molecule has 2 aromatic carbocycles. The number of allylic oxidation sites excluding steroid dienone is 1. The molecule has 226 valence electrons. The van der Waals surface area contributed by atoms with Crippen molar-refractivity contribution in [2.24, 2.45) is 11.8 Å². The Bertz CT molecular complexity index is 1270.